The van der Waals surface area contributed by atoms with Gasteiger partial charge in [-0.1, -0.05) is 42.5 Å². The molecule has 3 aliphatic rings. The number of urea groups is 1. The fourth-order valence-electron chi connectivity index (χ4n) is 6.29. The Morgan fingerprint density at radius 2 is 1.73 bits per heavy atom. The van der Waals surface area contributed by atoms with Gasteiger partial charge >= 0.3 is 6.03 Å². The Morgan fingerprint density at radius 1 is 0.976 bits per heavy atom. The van der Waals surface area contributed by atoms with Gasteiger partial charge in [0.1, 0.15) is 11.6 Å². The first-order chi connectivity index (χ1) is 19.7. The van der Waals surface area contributed by atoms with Gasteiger partial charge in [-0.2, -0.15) is 0 Å². The van der Waals surface area contributed by atoms with Crippen LogP contribution in [0.1, 0.15) is 47.5 Å². The smallest absolute Gasteiger partial charge is 0.331 e. The molecule has 0 N–H and O–H groups in total. The molecule has 2 aromatic carbocycles. The second kappa shape index (κ2) is 10.9. The Morgan fingerprint density at radius 3 is 2.49 bits per heavy atom. The van der Waals surface area contributed by atoms with Crippen LogP contribution in [-0.4, -0.2) is 67.3 Å². The Labute approximate surface area is 243 Å². The lowest BCUT2D eigenvalue weighted by Crippen LogP contribution is -2.58. The number of fused-ring (bicyclic) bond motifs is 3. The molecule has 6 rings (SSSR count). The van der Waals surface area contributed by atoms with Crippen LogP contribution in [0.2, 0.25) is 0 Å². The lowest BCUT2D eigenvalue weighted by molar-refractivity contribution is 0.148. The van der Waals surface area contributed by atoms with Crippen molar-refractivity contribution in [2.24, 2.45) is 0 Å². The number of piperazine rings is 1. The molecule has 8 heteroatoms. The number of rotatable bonds is 2. The van der Waals surface area contributed by atoms with Crippen LogP contribution in [-0.2, 0) is 23.3 Å². The maximum absolute atomic E-state index is 14.3. The number of aryl methyl sites for hydroxylation is 2. The fourth-order valence-corrected chi connectivity index (χ4v) is 6.29. The summed E-state index contributed by atoms with van der Waals surface area (Å²) in [4.78, 5) is 32.7. The van der Waals surface area contributed by atoms with E-state index < -0.39 is 5.54 Å². The number of anilines is 3. The van der Waals surface area contributed by atoms with Crippen molar-refractivity contribution < 1.29 is 9.53 Å². The molecule has 0 saturated carbocycles. The SMILES string of the molecule is Cc1cccc(C)c1N1C(=O)N2CC=CCOCc3cc(ccc3N3CCN(C)CC3)Cc3ncc(c2n3)C1(C)C. The molecule has 1 saturated heterocycles. The van der Waals surface area contributed by atoms with E-state index >= 15 is 0 Å². The number of ether oxygens (including phenoxy) is 1. The second-order valence-corrected chi connectivity index (χ2v) is 12.0. The number of carbonyl (C=O) groups excluding carboxylic acids is 1. The molecule has 0 radical (unpaired) electrons. The van der Waals surface area contributed by atoms with Crippen LogP contribution in [0, 0.1) is 13.8 Å². The van der Waals surface area contributed by atoms with E-state index in [1.165, 1.54) is 11.3 Å². The lowest BCUT2D eigenvalue weighted by Gasteiger charge is -2.47. The van der Waals surface area contributed by atoms with Crippen LogP contribution >= 0.6 is 0 Å². The average Bonchev–Trinajstić information content (AvgIpc) is 2.94. The van der Waals surface area contributed by atoms with Crippen molar-refractivity contribution in [3.05, 3.63) is 88.4 Å². The first-order valence-corrected chi connectivity index (χ1v) is 14.6. The van der Waals surface area contributed by atoms with Crippen LogP contribution in [0.4, 0.5) is 22.0 Å². The van der Waals surface area contributed by atoms with E-state index in [4.69, 9.17) is 14.7 Å². The first kappa shape index (κ1) is 27.4. The number of para-hydroxylation sites is 1. The molecule has 4 heterocycles. The Balaban J connectivity index is 1.40. The topological polar surface area (TPSA) is 65.0 Å². The van der Waals surface area contributed by atoms with E-state index in [1.807, 2.05) is 29.3 Å². The number of carbonyl (C=O) groups is 1. The molecule has 1 aromatic heterocycles. The van der Waals surface area contributed by atoms with Crippen LogP contribution in [0.5, 0.6) is 0 Å². The predicted molar refractivity (Wildman–Crippen MR) is 164 cm³/mol. The van der Waals surface area contributed by atoms with Crippen molar-refractivity contribution in [3.8, 4) is 0 Å². The highest BCUT2D eigenvalue weighted by molar-refractivity contribution is 6.08. The van der Waals surface area contributed by atoms with E-state index in [9.17, 15) is 4.79 Å². The number of benzene rings is 2. The largest absolute Gasteiger partial charge is 0.373 e. The van der Waals surface area contributed by atoms with Gasteiger partial charge in [0, 0.05) is 62.2 Å². The number of likely N-dealkylation sites (N-methyl/N-ethyl adjacent to an activating group) is 1. The van der Waals surface area contributed by atoms with Gasteiger partial charge in [-0.25, -0.2) is 14.8 Å². The third-order valence-electron chi connectivity index (χ3n) is 8.65. The lowest BCUT2D eigenvalue weighted by atomic mass is 9.89. The van der Waals surface area contributed by atoms with E-state index in [-0.39, 0.29) is 6.03 Å². The van der Waals surface area contributed by atoms with Gasteiger partial charge in [0.05, 0.1) is 24.4 Å². The molecule has 3 aliphatic heterocycles. The van der Waals surface area contributed by atoms with Gasteiger partial charge < -0.3 is 14.5 Å². The molecule has 0 spiro atoms. The Bertz CT molecular complexity index is 1470. The van der Waals surface area contributed by atoms with Crippen molar-refractivity contribution in [1.29, 1.82) is 0 Å². The summed E-state index contributed by atoms with van der Waals surface area (Å²) in [5.74, 6) is 1.39. The highest BCUT2D eigenvalue weighted by atomic mass is 16.5. The normalized spacial score (nSPS) is 19.3. The molecule has 3 aromatic rings. The van der Waals surface area contributed by atoms with E-state index in [0.717, 1.165) is 54.1 Å². The van der Waals surface area contributed by atoms with Crippen LogP contribution in [0.15, 0.2) is 54.7 Å². The zero-order valence-corrected chi connectivity index (χ0v) is 24.9. The minimum absolute atomic E-state index is 0.0824. The van der Waals surface area contributed by atoms with Gasteiger partial charge in [0.2, 0.25) is 0 Å². The molecule has 214 valence electrons. The van der Waals surface area contributed by atoms with Gasteiger partial charge in [-0.05, 0) is 57.5 Å². The van der Waals surface area contributed by atoms with Gasteiger partial charge in [0.15, 0.2) is 0 Å². The average molecular weight is 553 g/mol. The fraction of sp³-hybridized carbons (Fsp3) is 0.424. The molecule has 1 fully saturated rings. The standard InChI is InChI=1S/C33H40N6O2/c1-23-9-8-10-24(2)30(23)39-32(40)38-13-6-7-18-41-22-26-19-25(11-12-28(26)37-16-14-36(5)15-17-37)20-29-34-21-27(31(38)35-29)33(39,3)4/h6-12,19,21H,13-18,20,22H2,1-5H3. The van der Waals surface area contributed by atoms with E-state index in [1.54, 1.807) is 4.90 Å². The summed E-state index contributed by atoms with van der Waals surface area (Å²) in [5, 5.41) is 0. The third-order valence-corrected chi connectivity index (χ3v) is 8.65. The van der Waals surface area contributed by atoms with E-state index in [0.29, 0.717) is 37.8 Å². The van der Waals surface area contributed by atoms with Gasteiger partial charge in [-0.15, -0.1) is 0 Å². The van der Waals surface area contributed by atoms with Crippen LogP contribution in [0.25, 0.3) is 0 Å². The van der Waals surface area contributed by atoms with Gasteiger partial charge in [-0.3, -0.25) is 9.80 Å². The molecule has 0 unspecified atom stereocenters. The first-order valence-electron chi connectivity index (χ1n) is 14.6. The van der Waals surface area contributed by atoms with Crippen molar-refractivity contribution >= 4 is 23.2 Å². The molecular formula is C33H40N6O2. The Hall–Kier alpha value is -3.75. The summed E-state index contributed by atoms with van der Waals surface area (Å²) in [6.45, 7) is 13.8. The second-order valence-electron chi connectivity index (χ2n) is 12.0. The summed E-state index contributed by atoms with van der Waals surface area (Å²) >= 11 is 0. The molecule has 4 bridgehead atoms. The summed E-state index contributed by atoms with van der Waals surface area (Å²) in [6.07, 6.45) is 6.52. The third kappa shape index (κ3) is 5.11. The summed E-state index contributed by atoms with van der Waals surface area (Å²) in [7, 11) is 2.18. The van der Waals surface area contributed by atoms with E-state index in [2.05, 4.69) is 74.9 Å². The Kier molecular flexibility index (Phi) is 7.30. The molecular weight excluding hydrogens is 512 g/mol. The van der Waals surface area contributed by atoms with Crippen molar-refractivity contribution in [2.45, 2.75) is 46.3 Å². The van der Waals surface area contributed by atoms with Crippen LogP contribution < -0.4 is 14.7 Å². The van der Waals surface area contributed by atoms with Crippen LogP contribution in [0.3, 0.4) is 0 Å². The number of hydrogen-bond donors (Lipinski definition) is 0. The number of nitrogens with zero attached hydrogens (tertiary/aromatic N) is 6. The monoisotopic (exact) mass is 552 g/mol. The number of amides is 2. The minimum atomic E-state index is -0.631. The zero-order valence-electron chi connectivity index (χ0n) is 24.9. The summed E-state index contributed by atoms with van der Waals surface area (Å²) in [6, 6.07) is 12.7. The molecule has 8 nitrogen and oxygen atoms in total. The molecule has 0 aliphatic carbocycles. The highest BCUT2D eigenvalue weighted by Crippen LogP contribution is 2.44. The number of aromatic nitrogens is 2. The highest BCUT2D eigenvalue weighted by Gasteiger charge is 2.46. The quantitative estimate of drug-likeness (QED) is 0.407. The van der Waals surface area contributed by atoms with Crippen molar-refractivity contribution in [3.63, 3.8) is 0 Å². The molecule has 0 atom stereocenters. The van der Waals surface area contributed by atoms with Gasteiger partial charge in [0.25, 0.3) is 0 Å². The zero-order chi connectivity index (χ0) is 28.7. The predicted octanol–water partition coefficient (Wildman–Crippen LogP) is 5.20. The minimum Gasteiger partial charge on any atom is -0.373 e. The molecule has 2 amide bonds. The van der Waals surface area contributed by atoms with Crippen molar-refractivity contribution in [1.82, 2.24) is 14.9 Å². The number of hydrogen-bond acceptors (Lipinski definition) is 6. The van der Waals surface area contributed by atoms with Crippen molar-refractivity contribution in [2.75, 3.05) is 61.1 Å². The maximum atomic E-state index is 14.3. The maximum Gasteiger partial charge on any atom is 0.331 e. The summed E-state index contributed by atoms with van der Waals surface area (Å²) in [5.41, 5.74) is 6.95. The summed E-state index contributed by atoms with van der Waals surface area (Å²) < 4.78 is 6.14. The molecule has 41 heavy (non-hydrogen) atoms.